The molecule has 3 rings (SSSR count). The molecule has 168 valence electrons. The molecule has 31 heavy (non-hydrogen) atoms. The third kappa shape index (κ3) is 4.34. The van der Waals surface area contributed by atoms with Crippen LogP contribution in [0.25, 0.3) is 0 Å². The average molecular weight is 432 g/mol. The van der Waals surface area contributed by atoms with Gasteiger partial charge < -0.3 is 34.5 Å². The van der Waals surface area contributed by atoms with Gasteiger partial charge in [0.25, 0.3) is 5.91 Å². The Kier molecular flexibility index (Phi) is 6.47. The minimum atomic E-state index is -0.629. The van der Waals surface area contributed by atoms with Gasteiger partial charge in [0, 0.05) is 17.8 Å². The highest BCUT2D eigenvalue weighted by atomic mass is 16.7. The Morgan fingerprint density at radius 3 is 2.42 bits per heavy atom. The van der Waals surface area contributed by atoms with Crippen molar-refractivity contribution in [2.45, 2.75) is 45.5 Å². The number of aliphatic hydroxyl groups excluding tert-OH is 2. The molecule has 2 heterocycles. The van der Waals surface area contributed by atoms with E-state index in [2.05, 4.69) is 5.32 Å². The van der Waals surface area contributed by atoms with Crippen molar-refractivity contribution in [3.8, 4) is 0 Å². The molecule has 9 nitrogen and oxygen atoms in total. The van der Waals surface area contributed by atoms with Crippen molar-refractivity contribution < 1.29 is 33.8 Å². The van der Waals surface area contributed by atoms with Crippen LogP contribution in [-0.4, -0.2) is 72.1 Å². The van der Waals surface area contributed by atoms with E-state index in [0.29, 0.717) is 11.3 Å². The van der Waals surface area contributed by atoms with Crippen molar-refractivity contribution >= 4 is 30.1 Å². The Labute approximate surface area is 182 Å². The number of nitrogens with zero attached hydrogens (tertiary/aromatic N) is 1. The smallest absolute Gasteiger partial charge is 0.466 e. The van der Waals surface area contributed by atoms with Crippen LogP contribution in [-0.2, 0) is 30.2 Å². The molecule has 1 fully saturated rings. The number of hydrogen-bond acceptors (Lipinski definition) is 8. The van der Waals surface area contributed by atoms with Gasteiger partial charge in [0.15, 0.2) is 0 Å². The number of esters is 1. The molecule has 0 aromatic heterocycles. The van der Waals surface area contributed by atoms with E-state index in [1.54, 1.807) is 18.2 Å². The van der Waals surface area contributed by atoms with Crippen molar-refractivity contribution in [2.75, 3.05) is 32.1 Å². The molecule has 0 unspecified atom stereocenters. The van der Waals surface area contributed by atoms with Gasteiger partial charge in [-0.3, -0.25) is 4.79 Å². The summed E-state index contributed by atoms with van der Waals surface area (Å²) in [5, 5.41) is 22.1. The fourth-order valence-electron chi connectivity index (χ4n) is 3.48. The van der Waals surface area contributed by atoms with E-state index < -0.39 is 30.2 Å². The van der Waals surface area contributed by atoms with Crippen molar-refractivity contribution in [3.63, 3.8) is 0 Å². The highest BCUT2D eigenvalue weighted by Gasteiger charge is 2.51. The Morgan fingerprint density at radius 1 is 1.23 bits per heavy atom. The summed E-state index contributed by atoms with van der Waals surface area (Å²) in [7, 11) is 0.646. The number of hydrogen-bond donors (Lipinski definition) is 3. The number of methoxy groups -OCH3 is 1. The third-order valence-electron chi connectivity index (χ3n) is 6.04. The first-order chi connectivity index (χ1) is 14.5. The number of ether oxygens (including phenoxy) is 1. The molecule has 0 atom stereocenters. The number of β-amino-alcohol motifs (C(OH)–C–C–N with tert-alkyl or cyclic N) is 1. The van der Waals surface area contributed by atoms with Gasteiger partial charge in [-0.2, -0.15) is 0 Å². The molecular weight excluding hydrogens is 403 g/mol. The summed E-state index contributed by atoms with van der Waals surface area (Å²) >= 11 is 0. The minimum absolute atomic E-state index is 0.0366. The molecule has 2 aliphatic heterocycles. The quantitative estimate of drug-likeness (QED) is 0.412. The second-order valence-corrected chi connectivity index (χ2v) is 8.58. The van der Waals surface area contributed by atoms with E-state index >= 15 is 0 Å². The first-order valence-electron chi connectivity index (χ1n) is 10.1. The largest absolute Gasteiger partial charge is 0.494 e. The molecule has 0 radical (unpaired) electrons. The summed E-state index contributed by atoms with van der Waals surface area (Å²) in [4.78, 5) is 26.3. The lowest BCUT2D eigenvalue weighted by Gasteiger charge is -2.32. The van der Waals surface area contributed by atoms with Gasteiger partial charge in [0.2, 0.25) is 0 Å². The van der Waals surface area contributed by atoms with Gasteiger partial charge in [-0.25, -0.2) is 4.79 Å². The molecule has 0 aliphatic carbocycles. The van der Waals surface area contributed by atoms with E-state index in [1.807, 2.05) is 27.7 Å². The Morgan fingerprint density at radius 2 is 1.87 bits per heavy atom. The Hall–Kier alpha value is -2.40. The highest BCUT2D eigenvalue weighted by molar-refractivity contribution is 6.62. The van der Waals surface area contributed by atoms with Crippen LogP contribution in [0.4, 0.5) is 5.69 Å². The molecule has 10 heteroatoms. The number of rotatable bonds is 7. The first-order valence-corrected chi connectivity index (χ1v) is 10.1. The number of aliphatic hydroxyl groups is 2. The summed E-state index contributed by atoms with van der Waals surface area (Å²) in [5.74, 6) is -1.05. The maximum atomic E-state index is 12.7. The number of carbonyl (C=O) groups is 2. The normalized spacial score (nSPS) is 19.9. The molecule has 1 aromatic rings. The van der Waals surface area contributed by atoms with Crippen LogP contribution in [0.15, 0.2) is 29.5 Å². The molecule has 1 aromatic carbocycles. The van der Waals surface area contributed by atoms with Crippen LogP contribution in [0.3, 0.4) is 0 Å². The average Bonchev–Trinajstić information content (AvgIpc) is 3.14. The van der Waals surface area contributed by atoms with Gasteiger partial charge in [-0.15, -0.1) is 0 Å². The molecule has 3 N–H and O–H groups in total. The molecule has 1 saturated heterocycles. The number of amides is 1. The zero-order valence-corrected chi connectivity index (χ0v) is 18.5. The van der Waals surface area contributed by atoms with Crippen molar-refractivity contribution in [3.05, 3.63) is 35.0 Å². The lowest BCUT2D eigenvalue weighted by atomic mass is 9.78. The molecule has 0 bridgehead atoms. The van der Waals surface area contributed by atoms with Crippen LogP contribution in [0, 0.1) is 0 Å². The van der Waals surface area contributed by atoms with Crippen molar-refractivity contribution in [2.24, 2.45) is 0 Å². The van der Waals surface area contributed by atoms with E-state index in [0.717, 1.165) is 5.46 Å². The van der Waals surface area contributed by atoms with Crippen molar-refractivity contribution in [1.29, 1.82) is 0 Å². The number of carbonyl (C=O) groups excluding carboxylic acids is 2. The van der Waals surface area contributed by atoms with Gasteiger partial charge in [0.1, 0.15) is 5.70 Å². The van der Waals surface area contributed by atoms with E-state index in [1.165, 1.54) is 12.0 Å². The zero-order chi connectivity index (χ0) is 23.0. The fraction of sp³-hybridized carbons (Fsp3) is 0.524. The standard InChI is InChI=1S/C21H29BN2O7/c1-20(2)21(3,4)31-22(30-20)14-6-7-16(13(10-14)12-26)23-17-15(19(28)29-5)11-24(8-9-25)18(17)27/h6-7,10,23,25-26H,8-9,11-12H2,1-5H3. The van der Waals surface area contributed by atoms with Crippen molar-refractivity contribution in [1.82, 2.24) is 4.90 Å². The predicted octanol–water partition coefficient (Wildman–Crippen LogP) is 0.152. The zero-order valence-electron chi connectivity index (χ0n) is 18.5. The van der Waals surface area contributed by atoms with Gasteiger partial charge >= 0.3 is 13.1 Å². The maximum Gasteiger partial charge on any atom is 0.494 e. The lowest BCUT2D eigenvalue weighted by molar-refractivity contribution is -0.136. The molecule has 0 spiro atoms. The Bertz CT molecular complexity index is 897. The van der Waals surface area contributed by atoms with Crippen LogP contribution in [0.5, 0.6) is 0 Å². The summed E-state index contributed by atoms with van der Waals surface area (Å²) in [6.07, 6.45) is 0. The van der Waals surface area contributed by atoms with Crippen LogP contribution < -0.4 is 10.8 Å². The van der Waals surface area contributed by atoms with Crippen LogP contribution in [0.1, 0.15) is 33.3 Å². The second kappa shape index (κ2) is 8.62. The number of nitrogens with one attached hydrogen (secondary N) is 1. The Balaban J connectivity index is 1.90. The van der Waals surface area contributed by atoms with Gasteiger partial charge in [-0.1, -0.05) is 12.1 Å². The molecule has 0 saturated carbocycles. The summed E-state index contributed by atoms with van der Waals surface area (Å²) in [6, 6.07) is 5.23. The summed E-state index contributed by atoms with van der Waals surface area (Å²) in [5.41, 5.74) is 0.949. The van der Waals surface area contributed by atoms with E-state index in [4.69, 9.17) is 14.0 Å². The molecule has 2 aliphatic rings. The second-order valence-electron chi connectivity index (χ2n) is 8.58. The maximum absolute atomic E-state index is 12.7. The molecular formula is C21H29BN2O7. The van der Waals surface area contributed by atoms with E-state index in [9.17, 15) is 19.8 Å². The van der Waals surface area contributed by atoms with Gasteiger partial charge in [-0.05, 0) is 39.2 Å². The van der Waals surface area contributed by atoms with Gasteiger partial charge in [0.05, 0.1) is 43.6 Å². The molecule has 1 amide bonds. The van der Waals surface area contributed by atoms with E-state index in [-0.39, 0.29) is 37.6 Å². The third-order valence-corrected chi connectivity index (χ3v) is 6.04. The van der Waals surface area contributed by atoms with Crippen LogP contribution in [0.2, 0.25) is 0 Å². The summed E-state index contributed by atoms with van der Waals surface area (Å²) in [6.45, 7) is 7.44. The monoisotopic (exact) mass is 432 g/mol. The lowest BCUT2D eigenvalue weighted by Crippen LogP contribution is -2.41. The predicted molar refractivity (Wildman–Crippen MR) is 114 cm³/mol. The first kappa shape index (κ1) is 23.3. The fourth-order valence-corrected chi connectivity index (χ4v) is 3.48. The number of benzene rings is 1. The highest BCUT2D eigenvalue weighted by Crippen LogP contribution is 2.36. The number of anilines is 1. The summed E-state index contributed by atoms with van der Waals surface area (Å²) < 4.78 is 16.9. The topological polar surface area (TPSA) is 118 Å². The SMILES string of the molecule is COC(=O)C1=C(Nc2ccc(B3OC(C)(C)C(C)(C)O3)cc2CO)C(=O)N(CCO)C1. The minimum Gasteiger partial charge on any atom is -0.466 e. The van der Waals surface area contributed by atoms with Crippen LogP contribution >= 0.6 is 0 Å².